The molecule has 0 radical (unpaired) electrons. The molecule has 0 aromatic carbocycles. The first-order valence-electron chi connectivity index (χ1n) is 4.16. The van der Waals surface area contributed by atoms with Crippen molar-refractivity contribution in [2.24, 2.45) is 0 Å². The minimum Gasteiger partial charge on any atom is -0.375 e. The number of rotatable bonds is 3. The minimum absolute atomic E-state index is 0.215. The van der Waals surface area contributed by atoms with Crippen LogP contribution in [0.2, 0.25) is 0 Å². The largest absolute Gasteiger partial charge is 0.375 e. The molecule has 1 rings (SSSR count). The van der Waals surface area contributed by atoms with Gasteiger partial charge in [-0.25, -0.2) is 0 Å². The molecule has 0 aromatic heterocycles. The van der Waals surface area contributed by atoms with Gasteiger partial charge in [0.25, 0.3) is 0 Å². The van der Waals surface area contributed by atoms with Crippen LogP contribution in [0, 0.1) is 0 Å². The van der Waals surface area contributed by atoms with E-state index in [0.29, 0.717) is 12.5 Å². The first-order valence-corrected chi connectivity index (χ1v) is 5.13. The third-order valence-electron chi connectivity index (χ3n) is 2.03. The summed E-state index contributed by atoms with van der Waals surface area (Å²) in [4.78, 5) is 0. The highest BCUT2D eigenvalue weighted by Gasteiger charge is 2.23. The summed E-state index contributed by atoms with van der Waals surface area (Å²) in [5, 5.41) is 0.215. The van der Waals surface area contributed by atoms with Crippen LogP contribution in [0.1, 0.15) is 25.7 Å². The number of alkyl halides is 2. The van der Waals surface area contributed by atoms with E-state index < -0.39 is 0 Å². The van der Waals surface area contributed by atoms with E-state index in [1.807, 2.05) is 0 Å². The molecule has 1 fully saturated rings. The molecule has 3 heteroatoms. The first kappa shape index (κ1) is 9.63. The van der Waals surface area contributed by atoms with Crippen molar-refractivity contribution in [3.8, 4) is 0 Å². The zero-order valence-corrected chi connectivity index (χ0v) is 8.07. The molecule has 0 heterocycles. The second-order valence-corrected chi connectivity index (χ2v) is 3.84. The van der Waals surface area contributed by atoms with Crippen molar-refractivity contribution in [3.05, 3.63) is 0 Å². The number of hydrogen-bond donors (Lipinski definition) is 0. The van der Waals surface area contributed by atoms with E-state index in [4.69, 9.17) is 27.9 Å². The molecular formula is C8H14Cl2O. The van der Waals surface area contributed by atoms with Crippen LogP contribution in [-0.4, -0.2) is 24.0 Å². The van der Waals surface area contributed by atoms with Gasteiger partial charge in [0.15, 0.2) is 0 Å². The predicted molar refractivity (Wildman–Crippen MR) is 48.6 cm³/mol. The molecule has 0 aliphatic heterocycles. The van der Waals surface area contributed by atoms with Crippen molar-refractivity contribution in [3.63, 3.8) is 0 Å². The predicted octanol–water partition coefficient (Wildman–Crippen LogP) is 2.79. The Hall–Kier alpha value is 0.540. The molecule has 2 atom stereocenters. The quantitative estimate of drug-likeness (QED) is 0.632. The summed E-state index contributed by atoms with van der Waals surface area (Å²) in [5.41, 5.74) is 0. The van der Waals surface area contributed by atoms with Gasteiger partial charge in [0.2, 0.25) is 0 Å². The van der Waals surface area contributed by atoms with Crippen LogP contribution in [0.4, 0.5) is 0 Å². The van der Waals surface area contributed by atoms with Crippen molar-refractivity contribution < 1.29 is 4.74 Å². The molecule has 0 amide bonds. The molecule has 0 bridgehead atoms. The van der Waals surface area contributed by atoms with Gasteiger partial charge < -0.3 is 4.74 Å². The van der Waals surface area contributed by atoms with Gasteiger partial charge >= 0.3 is 0 Å². The zero-order chi connectivity index (χ0) is 8.10. The van der Waals surface area contributed by atoms with E-state index in [2.05, 4.69) is 0 Å². The summed E-state index contributed by atoms with van der Waals surface area (Å²) in [5.74, 6) is 0.570. The number of hydrogen-bond acceptors (Lipinski definition) is 1. The van der Waals surface area contributed by atoms with Crippen molar-refractivity contribution in [2.75, 3.05) is 12.5 Å². The fraction of sp³-hybridized carbons (Fsp3) is 1.00. The second-order valence-electron chi connectivity index (χ2n) is 2.90. The second kappa shape index (κ2) is 5.23. The van der Waals surface area contributed by atoms with E-state index in [9.17, 15) is 0 Å². The Bertz CT molecular complexity index is 108. The van der Waals surface area contributed by atoms with Crippen LogP contribution < -0.4 is 0 Å². The molecule has 11 heavy (non-hydrogen) atoms. The van der Waals surface area contributed by atoms with Crippen LogP contribution >= 0.6 is 23.2 Å². The van der Waals surface area contributed by atoms with E-state index in [-0.39, 0.29) is 11.5 Å². The Morgan fingerprint density at radius 2 is 2.00 bits per heavy atom. The average molecular weight is 197 g/mol. The number of halogens is 2. The normalized spacial score (nSPS) is 32.2. The van der Waals surface area contributed by atoms with E-state index >= 15 is 0 Å². The molecule has 0 saturated heterocycles. The molecule has 1 nitrogen and oxygen atoms in total. The van der Waals surface area contributed by atoms with Crippen LogP contribution in [0.5, 0.6) is 0 Å². The summed E-state index contributed by atoms with van der Waals surface area (Å²) >= 11 is 11.6. The molecule has 0 spiro atoms. The number of ether oxygens (including phenoxy) is 1. The van der Waals surface area contributed by atoms with Crippen molar-refractivity contribution in [2.45, 2.75) is 37.2 Å². The minimum atomic E-state index is 0.215. The van der Waals surface area contributed by atoms with Crippen LogP contribution in [0.25, 0.3) is 0 Å². The Labute approximate surface area is 78.0 Å². The van der Waals surface area contributed by atoms with E-state index in [1.165, 1.54) is 12.8 Å². The standard InChI is InChI=1S/C8H14Cl2O/c9-5-6-11-8-4-2-1-3-7(8)10/h7-8H,1-6H2/t7-,8?/m0/s1. The monoisotopic (exact) mass is 196 g/mol. The maximum Gasteiger partial charge on any atom is 0.0739 e. The summed E-state index contributed by atoms with van der Waals surface area (Å²) in [6.45, 7) is 0.634. The summed E-state index contributed by atoms with van der Waals surface area (Å²) in [6, 6.07) is 0. The maximum absolute atomic E-state index is 6.05. The van der Waals surface area contributed by atoms with Crippen molar-refractivity contribution >= 4 is 23.2 Å². The average Bonchev–Trinajstić information content (AvgIpc) is 2.03. The van der Waals surface area contributed by atoms with Gasteiger partial charge in [-0.3, -0.25) is 0 Å². The van der Waals surface area contributed by atoms with Gasteiger partial charge in [-0.15, -0.1) is 23.2 Å². The van der Waals surface area contributed by atoms with Crippen LogP contribution in [0.15, 0.2) is 0 Å². The maximum atomic E-state index is 6.05. The third-order valence-corrected chi connectivity index (χ3v) is 2.68. The smallest absolute Gasteiger partial charge is 0.0739 e. The lowest BCUT2D eigenvalue weighted by Gasteiger charge is -2.26. The highest BCUT2D eigenvalue weighted by Crippen LogP contribution is 2.25. The lowest BCUT2D eigenvalue weighted by atomic mass is 9.97. The lowest BCUT2D eigenvalue weighted by molar-refractivity contribution is 0.0411. The van der Waals surface area contributed by atoms with Gasteiger partial charge in [-0.1, -0.05) is 12.8 Å². The summed E-state index contributed by atoms with van der Waals surface area (Å²) in [7, 11) is 0. The Morgan fingerprint density at radius 1 is 1.27 bits per heavy atom. The molecule has 1 aliphatic carbocycles. The van der Waals surface area contributed by atoms with Crippen molar-refractivity contribution in [1.29, 1.82) is 0 Å². The van der Waals surface area contributed by atoms with Crippen LogP contribution in [0.3, 0.4) is 0 Å². The van der Waals surface area contributed by atoms with Gasteiger partial charge in [-0.2, -0.15) is 0 Å². The van der Waals surface area contributed by atoms with Gasteiger partial charge in [0, 0.05) is 5.88 Å². The fourth-order valence-electron chi connectivity index (χ4n) is 1.44. The molecule has 66 valence electrons. The Morgan fingerprint density at radius 3 is 2.64 bits per heavy atom. The topological polar surface area (TPSA) is 9.23 Å². The molecular weight excluding hydrogens is 183 g/mol. The molecule has 0 N–H and O–H groups in total. The first-order chi connectivity index (χ1) is 5.34. The summed E-state index contributed by atoms with van der Waals surface area (Å²) < 4.78 is 5.48. The van der Waals surface area contributed by atoms with Gasteiger partial charge in [0.1, 0.15) is 0 Å². The zero-order valence-electron chi connectivity index (χ0n) is 6.56. The van der Waals surface area contributed by atoms with E-state index in [0.717, 1.165) is 12.8 Å². The highest BCUT2D eigenvalue weighted by molar-refractivity contribution is 6.21. The Balaban J connectivity index is 2.18. The molecule has 1 saturated carbocycles. The SMILES string of the molecule is ClCCOC1CCCC[C@@H]1Cl. The third kappa shape index (κ3) is 3.18. The molecule has 1 unspecified atom stereocenters. The van der Waals surface area contributed by atoms with Gasteiger partial charge in [0.05, 0.1) is 18.1 Å². The summed E-state index contributed by atoms with van der Waals surface area (Å²) in [6.07, 6.45) is 4.94. The molecule has 1 aliphatic rings. The molecule has 0 aromatic rings. The van der Waals surface area contributed by atoms with Gasteiger partial charge in [-0.05, 0) is 12.8 Å². The lowest BCUT2D eigenvalue weighted by Crippen LogP contribution is -2.28. The van der Waals surface area contributed by atoms with E-state index in [1.54, 1.807) is 0 Å². The van der Waals surface area contributed by atoms with Crippen LogP contribution in [-0.2, 0) is 4.74 Å². The Kier molecular flexibility index (Phi) is 4.58. The highest BCUT2D eigenvalue weighted by atomic mass is 35.5. The van der Waals surface area contributed by atoms with Crippen molar-refractivity contribution in [1.82, 2.24) is 0 Å². The fourth-order valence-corrected chi connectivity index (χ4v) is 1.88.